The molecule has 0 atom stereocenters. The van der Waals surface area contributed by atoms with Crippen LogP contribution in [0.1, 0.15) is 11.1 Å². The third-order valence-electron chi connectivity index (χ3n) is 2.84. The van der Waals surface area contributed by atoms with E-state index in [1.54, 1.807) is 19.1 Å². The normalized spacial score (nSPS) is 11.4. The minimum absolute atomic E-state index is 0.322. The second-order valence-corrected chi connectivity index (χ2v) is 6.18. The lowest BCUT2D eigenvalue weighted by Crippen LogP contribution is -2.14. The van der Waals surface area contributed by atoms with E-state index < -0.39 is 21.7 Å². The summed E-state index contributed by atoms with van der Waals surface area (Å²) in [7, 11) is -3.95. The summed E-state index contributed by atoms with van der Waals surface area (Å²) in [6, 6.07) is 7.76. The maximum Gasteiger partial charge on any atom is 0.262 e. The Hall–Kier alpha value is -1.95. The molecule has 2 aromatic carbocycles. The van der Waals surface area contributed by atoms with Gasteiger partial charge in [0.15, 0.2) is 11.6 Å². The third kappa shape index (κ3) is 2.96. The number of sulfonamides is 1. The van der Waals surface area contributed by atoms with E-state index in [-0.39, 0.29) is 4.90 Å². The van der Waals surface area contributed by atoms with Crippen molar-refractivity contribution in [3.05, 3.63) is 59.2 Å². The topological polar surface area (TPSA) is 46.2 Å². The fourth-order valence-corrected chi connectivity index (χ4v) is 2.83. The molecule has 2 rings (SSSR count). The van der Waals surface area contributed by atoms with Gasteiger partial charge in [-0.25, -0.2) is 17.2 Å². The summed E-state index contributed by atoms with van der Waals surface area (Å²) in [6.07, 6.45) is 0. The van der Waals surface area contributed by atoms with E-state index in [4.69, 9.17) is 0 Å². The summed E-state index contributed by atoms with van der Waals surface area (Å²) in [6.45, 7) is 3.58. The maximum absolute atomic E-state index is 13.1. The molecule has 106 valence electrons. The first-order chi connectivity index (χ1) is 9.29. The predicted octanol–water partition coefficient (Wildman–Crippen LogP) is 3.38. The van der Waals surface area contributed by atoms with E-state index in [1.807, 2.05) is 13.0 Å². The number of halogens is 2. The van der Waals surface area contributed by atoms with Crippen molar-refractivity contribution in [3.63, 3.8) is 0 Å². The van der Waals surface area contributed by atoms with Crippen LogP contribution in [0.3, 0.4) is 0 Å². The van der Waals surface area contributed by atoms with Gasteiger partial charge in [-0.2, -0.15) is 0 Å². The lowest BCUT2D eigenvalue weighted by molar-refractivity contribution is 0.504. The van der Waals surface area contributed by atoms with Crippen molar-refractivity contribution in [1.82, 2.24) is 0 Å². The van der Waals surface area contributed by atoms with Gasteiger partial charge >= 0.3 is 0 Å². The molecule has 0 saturated carbocycles. The van der Waals surface area contributed by atoms with Crippen LogP contribution < -0.4 is 4.72 Å². The predicted molar refractivity (Wildman–Crippen MR) is 73.1 cm³/mol. The van der Waals surface area contributed by atoms with Crippen molar-refractivity contribution in [2.75, 3.05) is 4.72 Å². The van der Waals surface area contributed by atoms with Gasteiger partial charge in [-0.15, -0.1) is 0 Å². The number of rotatable bonds is 3. The molecule has 1 N–H and O–H groups in total. The monoisotopic (exact) mass is 297 g/mol. The van der Waals surface area contributed by atoms with E-state index in [0.717, 1.165) is 23.3 Å². The number of hydrogen-bond donors (Lipinski definition) is 1. The minimum atomic E-state index is -3.95. The fraction of sp³-hybridized carbons (Fsp3) is 0.143. The number of hydrogen-bond acceptors (Lipinski definition) is 2. The molecule has 0 amide bonds. The smallest absolute Gasteiger partial charge is 0.262 e. The van der Waals surface area contributed by atoms with Crippen LogP contribution in [-0.2, 0) is 10.0 Å². The highest BCUT2D eigenvalue weighted by molar-refractivity contribution is 7.92. The quantitative estimate of drug-likeness (QED) is 0.944. The fourth-order valence-electron chi connectivity index (χ4n) is 1.69. The highest BCUT2D eigenvalue weighted by Gasteiger charge is 2.17. The Kier molecular flexibility index (Phi) is 3.76. The van der Waals surface area contributed by atoms with Crippen molar-refractivity contribution in [2.24, 2.45) is 0 Å². The Balaban J connectivity index is 2.40. The first-order valence-corrected chi connectivity index (χ1v) is 7.33. The van der Waals surface area contributed by atoms with Crippen molar-refractivity contribution in [3.8, 4) is 0 Å². The summed E-state index contributed by atoms with van der Waals surface area (Å²) >= 11 is 0. The minimum Gasteiger partial charge on any atom is -0.279 e. The number of nitrogens with one attached hydrogen (secondary N) is 1. The molecule has 0 aliphatic carbocycles. The number of anilines is 1. The van der Waals surface area contributed by atoms with Crippen LogP contribution >= 0.6 is 0 Å². The molecule has 0 saturated heterocycles. The van der Waals surface area contributed by atoms with Crippen LogP contribution in [0, 0.1) is 25.5 Å². The van der Waals surface area contributed by atoms with E-state index in [9.17, 15) is 17.2 Å². The molecule has 20 heavy (non-hydrogen) atoms. The molecule has 0 aliphatic rings. The second kappa shape index (κ2) is 5.20. The Bertz CT molecular complexity index is 758. The molecule has 0 spiro atoms. The highest BCUT2D eigenvalue weighted by atomic mass is 32.2. The highest BCUT2D eigenvalue weighted by Crippen LogP contribution is 2.22. The first-order valence-electron chi connectivity index (χ1n) is 5.85. The van der Waals surface area contributed by atoms with Crippen molar-refractivity contribution in [1.29, 1.82) is 0 Å². The largest absolute Gasteiger partial charge is 0.279 e. The molecule has 0 radical (unpaired) electrons. The lowest BCUT2D eigenvalue weighted by Gasteiger charge is -2.11. The van der Waals surface area contributed by atoms with Crippen molar-refractivity contribution >= 4 is 15.7 Å². The SMILES string of the molecule is Cc1ccc(C)c(NS(=O)(=O)c2ccc(F)c(F)c2)c1. The average molecular weight is 297 g/mol. The van der Waals surface area contributed by atoms with Gasteiger partial charge in [-0.05, 0) is 49.2 Å². The van der Waals surface area contributed by atoms with E-state index in [1.165, 1.54) is 0 Å². The van der Waals surface area contributed by atoms with Gasteiger partial charge in [0.25, 0.3) is 10.0 Å². The van der Waals surface area contributed by atoms with E-state index in [2.05, 4.69) is 4.72 Å². The Morgan fingerprint density at radius 2 is 1.65 bits per heavy atom. The molecule has 3 nitrogen and oxygen atoms in total. The molecule has 0 heterocycles. The lowest BCUT2D eigenvalue weighted by atomic mass is 10.1. The molecule has 0 bridgehead atoms. The van der Waals surface area contributed by atoms with Crippen LogP contribution in [0.2, 0.25) is 0 Å². The zero-order valence-electron chi connectivity index (χ0n) is 10.9. The van der Waals surface area contributed by atoms with Crippen LogP contribution in [-0.4, -0.2) is 8.42 Å². The molecule has 0 unspecified atom stereocenters. The summed E-state index contributed by atoms with van der Waals surface area (Å²) in [4.78, 5) is -0.322. The second-order valence-electron chi connectivity index (χ2n) is 4.50. The number of aryl methyl sites for hydroxylation is 2. The number of benzene rings is 2. The summed E-state index contributed by atoms with van der Waals surface area (Å²) in [5, 5.41) is 0. The summed E-state index contributed by atoms with van der Waals surface area (Å²) in [5.41, 5.74) is 2.04. The average Bonchev–Trinajstić information content (AvgIpc) is 2.36. The summed E-state index contributed by atoms with van der Waals surface area (Å²) < 4.78 is 52.6. The molecule has 0 fully saturated rings. The van der Waals surface area contributed by atoms with Crippen LogP contribution in [0.5, 0.6) is 0 Å². The van der Waals surface area contributed by atoms with Crippen molar-refractivity contribution in [2.45, 2.75) is 18.7 Å². The summed E-state index contributed by atoms with van der Waals surface area (Å²) in [5.74, 6) is -2.29. The molecular formula is C14H13F2NO2S. The van der Waals surface area contributed by atoms with Crippen molar-refractivity contribution < 1.29 is 17.2 Å². The zero-order chi connectivity index (χ0) is 14.9. The van der Waals surface area contributed by atoms with Gasteiger partial charge in [-0.1, -0.05) is 12.1 Å². The van der Waals surface area contributed by atoms with Gasteiger partial charge in [0.2, 0.25) is 0 Å². The molecular weight excluding hydrogens is 284 g/mol. The van der Waals surface area contributed by atoms with Gasteiger partial charge in [0, 0.05) is 0 Å². The van der Waals surface area contributed by atoms with E-state index >= 15 is 0 Å². The van der Waals surface area contributed by atoms with Gasteiger partial charge in [-0.3, -0.25) is 4.72 Å². The molecule has 6 heteroatoms. The Morgan fingerprint density at radius 1 is 0.950 bits per heavy atom. The van der Waals surface area contributed by atoms with Crippen LogP contribution in [0.25, 0.3) is 0 Å². The Labute approximate surface area is 116 Å². The molecule has 0 aromatic heterocycles. The van der Waals surface area contributed by atoms with Crippen LogP contribution in [0.15, 0.2) is 41.3 Å². The molecule has 0 aliphatic heterocycles. The van der Waals surface area contributed by atoms with E-state index in [0.29, 0.717) is 11.8 Å². The van der Waals surface area contributed by atoms with Gasteiger partial charge in [0.05, 0.1) is 10.6 Å². The van der Waals surface area contributed by atoms with Gasteiger partial charge in [0.1, 0.15) is 0 Å². The first kappa shape index (κ1) is 14.5. The zero-order valence-corrected chi connectivity index (χ0v) is 11.8. The Morgan fingerprint density at radius 3 is 2.30 bits per heavy atom. The van der Waals surface area contributed by atoms with Crippen LogP contribution in [0.4, 0.5) is 14.5 Å². The van der Waals surface area contributed by atoms with Gasteiger partial charge < -0.3 is 0 Å². The standard InChI is InChI=1S/C14H13F2NO2S/c1-9-3-4-10(2)14(7-9)17-20(18,19)11-5-6-12(15)13(16)8-11/h3-8,17H,1-2H3. The molecule has 2 aromatic rings. The third-order valence-corrected chi connectivity index (χ3v) is 4.20. The maximum atomic E-state index is 13.1.